The van der Waals surface area contributed by atoms with Crippen molar-refractivity contribution in [3.63, 3.8) is 0 Å². The topological polar surface area (TPSA) is 104 Å². The Balaban J connectivity index is 1.86. The SMILES string of the molecule is CCOC(=O)C1=C(C)N(c2ccccc2)C(SC)=N[C@H]1c1cc(OC)c(OCc2ccccc2)cc1[N+](=O)[O-]. The van der Waals surface area contributed by atoms with Gasteiger partial charge in [-0.25, -0.2) is 9.79 Å². The average Bonchev–Trinajstić information content (AvgIpc) is 2.96. The molecule has 0 bridgehead atoms. The Morgan fingerprint density at radius 3 is 2.33 bits per heavy atom. The summed E-state index contributed by atoms with van der Waals surface area (Å²) in [4.78, 5) is 31.8. The van der Waals surface area contributed by atoms with Crippen molar-refractivity contribution in [2.24, 2.45) is 4.99 Å². The number of amidine groups is 1. The molecule has 0 amide bonds. The Hall–Kier alpha value is -4.31. The van der Waals surface area contributed by atoms with E-state index in [1.54, 1.807) is 13.8 Å². The van der Waals surface area contributed by atoms with Gasteiger partial charge in [-0.3, -0.25) is 15.0 Å². The van der Waals surface area contributed by atoms with Gasteiger partial charge in [0, 0.05) is 11.4 Å². The van der Waals surface area contributed by atoms with Crippen LogP contribution in [0.15, 0.2) is 89.1 Å². The molecule has 202 valence electrons. The van der Waals surface area contributed by atoms with E-state index in [4.69, 9.17) is 19.2 Å². The highest BCUT2D eigenvalue weighted by Gasteiger charge is 2.38. The van der Waals surface area contributed by atoms with Gasteiger partial charge in [0.25, 0.3) is 5.69 Å². The number of benzene rings is 3. The minimum Gasteiger partial charge on any atom is -0.493 e. The lowest BCUT2D eigenvalue weighted by molar-refractivity contribution is -0.385. The number of carbonyl (C=O) groups excluding carboxylic acids is 1. The summed E-state index contributed by atoms with van der Waals surface area (Å²) in [5.41, 5.74) is 2.45. The summed E-state index contributed by atoms with van der Waals surface area (Å²) in [5.74, 6) is -0.0905. The number of esters is 1. The molecule has 1 aliphatic heterocycles. The van der Waals surface area contributed by atoms with Crippen LogP contribution in [0.5, 0.6) is 11.5 Å². The molecule has 1 heterocycles. The minimum atomic E-state index is -0.996. The van der Waals surface area contributed by atoms with Gasteiger partial charge in [0.15, 0.2) is 16.7 Å². The van der Waals surface area contributed by atoms with Gasteiger partial charge in [-0.05, 0) is 43.9 Å². The van der Waals surface area contributed by atoms with Gasteiger partial charge < -0.3 is 14.2 Å². The number of ether oxygens (including phenoxy) is 3. The summed E-state index contributed by atoms with van der Waals surface area (Å²) in [5, 5.41) is 12.9. The summed E-state index contributed by atoms with van der Waals surface area (Å²) in [7, 11) is 1.46. The lowest BCUT2D eigenvalue weighted by Gasteiger charge is -2.34. The molecule has 39 heavy (non-hydrogen) atoms. The summed E-state index contributed by atoms with van der Waals surface area (Å²) >= 11 is 1.37. The zero-order chi connectivity index (χ0) is 27.9. The molecule has 10 heteroatoms. The number of allylic oxidation sites excluding steroid dienone is 1. The fourth-order valence-corrected chi connectivity index (χ4v) is 5.00. The maximum Gasteiger partial charge on any atom is 0.338 e. The van der Waals surface area contributed by atoms with Gasteiger partial charge in [0.05, 0.1) is 35.8 Å². The van der Waals surface area contributed by atoms with Crippen LogP contribution >= 0.6 is 11.8 Å². The van der Waals surface area contributed by atoms with Crippen molar-refractivity contribution in [3.05, 3.63) is 105 Å². The first-order chi connectivity index (χ1) is 18.9. The second-order valence-corrected chi connectivity index (χ2v) is 9.28. The standard InChI is InChI=1S/C29H29N3O6S/c1-5-37-28(33)26-19(2)31(21-14-10-7-11-15-21)29(39-4)30-27(26)22-16-24(36-3)25(17-23(22)32(34)35)38-18-20-12-8-6-9-13-20/h6-17,27H,5,18H2,1-4H3/t27-/m0/s1. The first kappa shape index (κ1) is 27.7. The van der Waals surface area contributed by atoms with E-state index in [2.05, 4.69) is 0 Å². The molecule has 0 fully saturated rings. The van der Waals surface area contributed by atoms with E-state index in [1.165, 1.54) is 31.0 Å². The average molecular weight is 548 g/mol. The Labute approximate surface area is 231 Å². The third-order valence-corrected chi connectivity index (χ3v) is 6.82. The third kappa shape index (κ3) is 5.91. The number of aliphatic imine (C=N–C) groups is 1. The van der Waals surface area contributed by atoms with Crippen LogP contribution in [0.2, 0.25) is 0 Å². The number of nitro groups is 1. The summed E-state index contributed by atoms with van der Waals surface area (Å²) < 4.78 is 16.9. The van der Waals surface area contributed by atoms with E-state index in [0.717, 1.165) is 11.3 Å². The van der Waals surface area contributed by atoms with Crippen molar-refractivity contribution in [1.82, 2.24) is 0 Å². The first-order valence-electron chi connectivity index (χ1n) is 12.3. The van der Waals surface area contributed by atoms with Crippen molar-refractivity contribution >= 4 is 34.3 Å². The smallest absolute Gasteiger partial charge is 0.338 e. The normalized spacial score (nSPS) is 15.0. The zero-order valence-electron chi connectivity index (χ0n) is 22.1. The molecular weight excluding hydrogens is 518 g/mol. The van der Waals surface area contributed by atoms with Crippen LogP contribution < -0.4 is 14.4 Å². The van der Waals surface area contributed by atoms with Crippen molar-refractivity contribution < 1.29 is 23.9 Å². The van der Waals surface area contributed by atoms with E-state index in [0.29, 0.717) is 16.6 Å². The maximum atomic E-state index is 13.3. The lowest BCUT2D eigenvalue weighted by atomic mass is 9.94. The van der Waals surface area contributed by atoms with Crippen molar-refractivity contribution in [1.29, 1.82) is 0 Å². The molecular formula is C29H29N3O6S. The van der Waals surface area contributed by atoms with Crippen molar-refractivity contribution in [2.45, 2.75) is 26.5 Å². The summed E-state index contributed by atoms with van der Waals surface area (Å²) in [6, 6.07) is 20.8. The monoisotopic (exact) mass is 547 g/mol. The molecule has 4 rings (SSSR count). The van der Waals surface area contributed by atoms with Gasteiger partial charge >= 0.3 is 5.97 Å². The highest BCUT2D eigenvalue weighted by molar-refractivity contribution is 8.13. The van der Waals surface area contributed by atoms with Crippen LogP contribution in [-0.4, -0.2) is 36.0 Å². The molecule has 9 nitrogen and oxygen atoms in total. The van der Waals surface area contributed by atoms with E-state index in [-0.39, 0.29) is 35.8 Å². The molecule has 0 spiro atoms. The zero-order valence-corrected chi connectivity index (χ0v) is 22.9. The predicted molar refractivity (Wildman–Crippen MR) is 152 cm³/mol. The molecule has 3 aromatic carbocycles. The molecule has 1 aliphatic rings. The Kier molecular flexibility index (Phi) is 8.88. The van der Waals surface area contributed by atoms with E-state index >= 15 is 0 Å². The second kappa shape index (κ2) is 12.5. The number of para-hydroxylation sites is 1. The van der Waals surface area contributed by atoms with Gasteiger partial charge in [0.2, 0.25) is 0 Å². The van der Waals surface area contributed by atoms with Crippen LogP contribution in [0.25, 0.3) is 0 Å². The number of hydrogen-bond donors (Lipinski definition) is 0. The Morgan fingerprint density at radius 1 is 1.08 bits per heavy atom. The van der Waals surface area contributed by atoms with Crippen LogP contribution in [0.3, 0.4) is 0 Å². The van der Waals surface area contributed by atoms with Crippen LogP contribution in [0.4, 0.5) is 11.4 Å². The van der Waals surface area contributed by atoms with Crippen molar-refractivity contribution in [2.75, 3.05) is 24.9 Å². The van der Waals surface area contributed by atoms with Gasteiger partial charge in [0.1, 0.15) is 12.6 Å². The van der Waals surface area contributed by atoms with Crippen LogP contribution in [0.1, 0.15) is 31.0 Å². The van der Waals surface area contributed by atoms with Crippen molar-refractivity contribution in [3.8, 4) is 11.5 Å². The molecule has 0 unspecified atom stereocenters. The van der Waals surface area contributed by atoms with Gasteiger partial charge in [-0.2, -0.15) is 0 Å². The van der Waals surface area contributed by atoms with E-state index in [1.807, 2.05) is 71.8 Å². The molecule has 0 aliphatic carbocycles. The van der Waals surface area contributed by atoms with Crippen LogP contribution in [0, 0.1) is 10.1 Å². The number of methoxy groups -OCH3 is 1. The second-order valence-electron chi connectivity index (χ2n) is 8.50. The molecule has 0 saturated carbocycles. The Morgan fingerprint density at radius 2 is 1.74 bits per heavy atom. The summed E-state index contributed by atoms with van der Waals surface area (Å²) in [6.07, 6.45) is 1.87. The predicted octanol–water partition coefficient (Wildman–Crippen LogP) is 6.30. The fraction of sp³-hybridized carbons (Fsp3) is 0.241. The number of hydrogen-bond acceptors (Lipinski definition) is 9. The molecule has 3 aromatic rings. The molecule has 0 aromatic heterocycles. The largest absolute Gasteiger partial charge is 0.493 e. The quantitative estimate of drug-likeness (QED) is 0.175. The molecule has 1 atom stereocenters. The molecule has 0 radical (unpaired) electrons. The Bertz CT molecular complexity index is 1410. The van der Waals surface area contributed by atoms with Crippen LogP contribution in [-0.2, 0) is 16.1 Å². The molecule has 0 saturated heterocycles. The highest BCUT2D eigenvalue weighted by atomic mass is 32.2. The first-order valence-corrected chi connectivity index (χ1v) is 13.5. The number of thioether (sulfide) groups is 1. The number of anilines is 1. The fourth-order valence-electron chi connectivity index (χ4n) is 4.36. The third-order valence-electron chi connectivity index (χ3n) is 6.16. The number of nitrogens with zero attached hydrogens (tertiary/aromatic N) is 3. The lowest BCUT2D eigenvalue weighted by Crippen LogP contribution is -2.35. The van der Waals surface area contributed by atoms with Gasteiger partial charge in [-0.1, -0.05) is 60.3 Å². The summed E-state index contributed by atoms with van der Waals surface area (Å²) in [6.45, 7) is 3.84. The maximum absolute atomic E-state index is 13.3. The highest BCUT2D eigenvalue weighted by Crippen LogP contribution is 2.45. The minimum absolute atomic E-state index is 0.143. The number of nitro benzene ring substituents is 1. The molecule has 0 N–H and O–H groups in total. The van der Waals surface area contributed by atoms with E-state index < -0.39 is 16.9 Å². The number of rotatable bonds is 9. The van der Waals surface area contributed by atoms with Gasteiger partial charge in [-0.15, -0.1) is 0 Å². The van der Waals surface area contributed by atoms with E-state index in [9.17, 15) is 14.9 Å². The number of carbonyl (C=O) groups is 1.